The highest BCUT2D eigenvalue weighted by Gasteiger charge is 2.43. The van der Waals surface area contributed by atoms with E-state index in [1.807, 2.05) is 12.1 Å². The molecule has 3 aliphatic rings. The Morgan fingerprint density at radius 1 is 0.962 bits per heavy atom. The minimum Gasteiger partial charge on any atom is -0.448 e. The second-order valence-electron chi connectivity index (χ2n) is 7.80. The molecule has 4 nitrogen and oxygen atoms in total. The average molecular weight is 349 g/mol. The number of piperidine rings is 1. The van der Waals surface area contributed by atoms with E-state index in [1.54, 1.807) is 4.90 Å². The number of fused-ring (bicyclic) bond motifs is 5. The summed E-state index contributed by atoms with van der Waals surface area (Å²) in [6.07, 6.45) is 1.54. The number of carbonyl (C=O) groups excluding carboxylic acids is 1. The van der Waals surface area contributed by atoms with Gasteiger partial charge in [0.05, 0.1) is 6.10 Å². The van der Waals surface area contributed by atoms with Crippen LogP contribution in [-0.2, 0) is 4.74 Å². The van der Waals surface area contributed by atoms with Gasteiger partial charge >= 0.3 is 6.09 Å². The second-order valence-corrected chi connectivity index (χ2v) is 7.80. The predicted octanol–water partition coefficient (Wildman–Crippen LogP) is 3.64. The molecule has 1 heterocycles. The van der Waals surface area contributed by atoms with Crippen LogP contribution in [0.25, 0.3) is 11.1 Å². The van der Waals surface area contributed by atoms with Gasteiger partial charge in [0, 0.05) is 30.8 Å². The van der Waals surface area contributed by atoms with Crippen LogP contribution in [0.2, 0.25) is 0 Å². The maximum Gasteiger partial charge on any atom is 0.409 e. The molecule has 1 N–H and O–H groups in total. The van der Waals surface area contributed by atoms with Crippen molar-refractivity contribution in [2.75, 3.05) is 19.7 Å². The number of rotatable bonds is 2. The van der Waals surface area contributed by atoms with Crippen molar-refractivity contribution in [3.8, 4) is 11.1 Å². The highest BCUT2D eigenvalue weighted by molar-refractivity contribution is 5.79. The number of amides is 1. The van der Waals surface area contributed by atoms with E-state index < -0.39 is 0 Å². The molecule has 1 aliphatic heterocycles. The van der Waals surface area contributed by atoms with Crippen molar-refractivity contribution in [3.63, 3.8) is 0 Å². The Morgan fingerprint density at radius 2 is 1.50 bits per heavy atom. The fourth-order valence-corrected chi connectivity index (χ4v) is 5.03. The van der Waals surface area contributed by atoms with Gasteiger partial charge in [-0.2, -0.15) is 0 Å². The van der Waals surface area contributed by atoms with Crippen LogP contribution in [0.15, 0.2) is 48.5 Å². The third kappa shape index (κ3) is 2.43. The summed E-state index contributed by atoms with van der Waals surface area (Å²) in [5.74, 6) is 0.530. The maximum absolute atomic E-state index is 12.6. The van der Waals surface area contributed by atoms with Crippen LogP contribution in [0.4, 0.5) is 4.79 Å². The normalized spacial score (nSPS) is 26.5. The molecule has 1 saturated carbocycles. The smallest absolute Gasteiger partial charge is 0.409 e. The number of nitrogens with zero attached hydrogens (tertiary/aromatic N) is 1. The highest BCUT2D eigenvalue weighted by atomic mass is 16.6. The molecule has 2 aromatic carbocycles. The zero-order valence-corrected chi connectivity index (χ0v) is 14.7. The summed E-state index contributed by atoms with van der Waals surface area (Å²) < 4.78 is 5.74. The number of aliphatic hydroxyl groups excluding tert-OH is 1. The van der Waals surface area contributed by atoms with Crippen molar-refractivity contribution < 1.29 is 14.6 Å². The predicted molar refractivity (Wildman–Crippen MR) is 98.9 cm³/mol. The average Bonchev–Trinajstić information content (AvgIpc) is 3.07. The van der Waals surface area contributed by atoms with Crippen molar-refractivity contribution in [1.82, 2.24) is 4.90 Å². The molecule has 0 radical (unpaired) electrons. The molecular formula is C22H23NO3. The third-order valence-electron chi connectivity index (χ3n) is 6.38. The molecule has 0 aromatic heterocycles. The largest absolute Gasteiger partial charge is 0.448 e. The lowest BCUT2D eigenvalue weighted by molar-refractivity contribution is 0.0118. The van der Waals surface area contributed by atoms with Crippen molar-refractivity contribution >= 4 is 6.09 Å². The van der Waals surface area contributed by atoms with Gasteiger partial charge in [-0.15, -0.1) is 0 Å². The first kappa shape index (κ1) is 15.9. The molecule has 0 spiro atoms. The van der Waals surface area contributed by atoms with Crippen molar-refractivity contribution in [2.24, 2.45) is 11.8 Å². The number of hydrogen-bond donors (Lipinski definition) is 1. The van der Waals surface area contributed by atoms with Crippen LogP contribution in [-0.4, -0.2) is 41.9 Å². The van der Waals surface area contributed by atoms with Crippen LogP contribution in [0, 0.1) is 11.8 Å². The number of hydrogen-bond acceptors (Lipinski definition) is 3. The maximum atomic E-state index is 12.6. The van der Waals surface area contributed by atoms with E-state index in [-0.39, 0.29) is 30.0 Å². The van der Waals surface area contributed by atoms with Gasteiger partial charge in [0.25, 0.3) is 0 Å². The lowest BCUT2D eigenvalue weighted by Crippen LogP contribution is -2.47. The molecule has 4 heteroatoms. The number of aliphatic hydroxyl groups is 1. The summed E-state index contributed by atoms with van der Waals surface area (Å²) in [6, 6.07) is 16.7. The molecule has 1 saturated heterocycles. The fraction of sp³-hybridized carbons (Fsp3) is 0.409. The molecule has 1 amide bonds. The number of likely N-dealkylation sites (tertiary alicyclic amines) is 1. The molecule has 2 fully saturated rings. The minimum absolute atomic E-state index is 0.0958. The van der Waals surface area contributed by atoms with Crippen LogP contribution in [0.1, 0.15) is 29.9 Å². The van der Waals surface area contributed by atoms with E-state index in [0.717, 1.165) is 12.8 Å². The first-order chi connectivity index (χ1) is 12.7. The van der Waals surface area contributed by atoms with Crippen molar-refractivity contribution in [3.05, 3.63) is 59.7 Å². The van der Waals surface area contributed by atoms with Gasteiger partial charge in [-0.05, 0) is 35.1 Å². The van der Waals surface area contributed by atoms with Crippen LogP contribution >= 0.6 is 0 Å². The van der Waals surface area contributed by atoms with E-state index in [9.17, 15) is 9.90 Å². The first-order valence-electron chi connectivity index (χ1n) is 9.50. The Balaban J connectivity index is 1.32. The van der Waals surface area contributed by atoms with Gasteiger partial charge < -0.3 is 14.7 Å². The Hall–Kier alpha value is -2.33. The van der Waals surface area contributed by atoms with Crippen LogP contribution in [0.3, 0.4) is 0 Å². The molecule has 2 atom stereocenters. The second kappa shape index (κ2) is 6.13. The van der Waals surface area contributed by atoms with Gasteiger partial charge in [0.1, 0.15) is 6.61 Å². The minimum atomic E-state index is -0.243. The summed E-state index contributed by atoms with van der Waals surface area (Å²) in [5.41, 5.74) is 4.94. The lowest BCUT2D eigenvalue weighted by atomic mass is 9.95. The standard InChI is InChI=1S/C22H23NO3/c24-21-14-9-10-15(21)12-23(11-14)22(25)26-13-20-18-7-3-1-5-16(18)17-6-2-4-8-19(17)20/h1-8,14-15,20-21,24H,9-13H2. The molecular weight excluding hydrogens is 326 g/mol. The number of carbonyl (C=O) groups is 1. The summed E-state index contributed by atoms with van der Waals surface area (Å²) >= 11 is 0. The molecule has 2 unspecified atom stereocenters. The molecule has 5 rings (SSSR count). The molecule has 26 heavy (non-hydrogen) atoms. The van der Waals surface area contributed by atoms with E-state index >= 15 is 0 Å². The molecule has 2 bridgehead atoms. The van der Waals surface area contributed by atoms with Gasteiger partial charge in [-0.3, -0.25) is 0 Å². The monoisotopic (exact) mass is 349 g/mol. The summed E-state index contributed by atoms with van der Waals surface area (Å²) in [4.78, 5) is 14.4. The first-order valence-corrected chi connectivity index (χ1v) is 9.50. The Bertz CT molecular complexity index is 789. The number of ether oxygens (including phenoxy) is 1. The topological polar surface area (TPSA) is 49.8 Å². The molecule has 2 aromatic rings. The van der Waals surface area contributed by atoms with E-state index in [1.165, 1.54) is 22.3 Å². The summed E-state index contributed by atoms with van der Waals surface area (Å²) in [5, 5.41) is 10.2. The third-order valence-corrected chi connectivity index (χ3v) is 6.38. The van der Waals surface area contributed by atoms with Gasteiger partial charge in [0.15, 0.2) is 0 Å². The van der Waals surface area contributed by atoms with Crippen molar-refractivity contribution in [1.29, 1.82) is 0 Å². The Kier molecular flexibility index (Phi) is 3.75. The lowest BCUT2D eigenvalue weighted by Gasteiger charge is -2.34. The zero-order chi connectivity index (χ0) is 17.7. The van der Waals surface area contributed by atoms with Crippen molar-refractivity contribution in [2.45, 2.75) is 24.9 Å². The van der Waals surface area contributed by atoms with E-state index in [0.29, 0.717) is 19.7 Å². The van der Waals surface area contributed by atoms with E-state index in [4.69, 9.17) is 4.74 Å². The molecule has 2 aliphatic carbocycles. The quantitative estimate of drug-likeness (QED) is 0.901. The SMILES string of the molecule is O=C(OCC1c2ccccc2-c2ccccc21)N1CC2CCC(C1)C2O. The summed E-state index contributed by atoms with van der Waals surface area (Å²) in [7, 11) is 0. The highest BCUT2D eigenvalue weighted by Crippen LogP contribution is 2.44. The van der Waals surface area contributed by atoms with Crippen LogP contribution in [0.5, 0.6) is 0 Å². The van der Waals surface area contributed by atoms with E-state index in [2.05, 4.69) is 36.4 Å². The van der Waals surface area contributed by atoms with Crippen LogP contribution < -0.4 is 0 Å². The summed E-state index contributed by atoms with van der Waals surface area (Å²) in [6.45, 7) is 1.60. The number of benzene rings is 2. The van der Waals surface area contributed by atoms with Gasteiger partial charge in [-0.1, -0.05) is 48.5 Å². The fourth-order valence-electron chi connectivity index (χ4n) is 5.03. The Morgan fingerprint density at radius 3 is 2.08 bits per heavy atom. The Labute approximate surface area is 153 Å². The van der Waals surface area contributed by atoms with Gasteiger partial charge in [0.2, 0.25) is 0 Å². The zero-order valence-electron chi connectivity index (χ0n) is 14.7. The molecule has 134 valence electrons. The van der Waals surface area contributed by atoms with Gasteiger partial charge in [-0.25, -0.2) is 4.79 Å².